The molecule has 2 aromatic rings. The molecular formula is C18H18N2O3S. The fourth-order valence-corrected chi connectivity index (χ4v) is 3.50. The fourth-order valence-electron chi connectivity index (χ4n) is 2.67. The van der Waals surface area contributed by atoms with Gasteiger partial charge in [-0.05, 0) is 38.5 Å². The molecule has 5 nitrogen and oxygen atoms in total. The van der Waals surface area contributed by atoms with Crippen LogP contribution in [0.25, 0.3) is 0 Å². The number of aryl methyl sites for hydroxylation is 1. The van der Waals surface area contributed by atoms with Gasteiger partial charge in [0.2, 0.25) is 0 Å². The molecule has 0 aliphatic carbocycles. The summed E-state index contributed by atoms with van der Waals surface area (Å²) in [6.45, 7) is 6.51. The highest BCUT2D eigenvalue weighted by molar-refractivity contribution is 7.09. The maximum atomic E-state index is 13.0. The number of rotatable bonds is 4. The molecule has 0 N–H and O–H groups in total. The number of fused-ring (bicyclic) bond motifs is 1. The monoisotopic (exact) mass is 342 g/mol. The Balaban J connectivity index is 1.94. The van der Waals surface area contributed by atoms with Gasteiger partial charge in [0.05, 0.1) is 11.5 Å². The molecule has 1 aliphatic heterocycles. The van der Waals surface area contributed by atoms with Gasteiger partial charge in [-0.1, -0.05) is 6.07 Å². The van der Waals surface area contributed by atoms with Crippen molar-refractivity contribution in [3.63, 3.8) is 0 Å². The molecule has 0 saturated carbocycles. The van der Waals surface area contributed by atoms with Crippen LogP contribution in [0.2, 0.25) is 0 Å². The number of hydrogen-bond acceptors (Lipinski definition) is 6. The second-order valence-electron chi connectivity index (χ2n) is 6.24. The molecule has 0 fully saturated rings. The van der Waals surface area contributed by atoms with Crippen LogP contribution in [0.5, 0.6) is 11.5 Å². The minimum atomic E-state index is -0.869. The molecule has 0 amide bonds. The molecular weight excluding hydrogens is 324 g/mol. The Bertz CT molecular complexity index is 820. The molecule has 24 heavy (non-hydrogen) atoms. The highest BCUT2D eigenvalue weighted by Crippen LogP contribution is 2.38. The van der Waals surface area contributed by atoms with E-state index in [1.807, 2.05) is 44.4 Å². The molecule has 0 unspecified atom stereocenters. The highest BCUT2D eigenvalue weighted by atomic mass is 32.1. The van der Waals surface area contributed by atoms with E-state index < -0.39 is 11.3 Å². The number of hydrogen-bond donors (Lipinski definition) is 0. The lowest BCUT2D eigenvalue weighted by atomic mass is 9.76. The van der Waals surface area contributed by atoms with E-state index in [4.69, 9.17) is 9.47 Å². The molecule has 0 bridgehead atoms. The van der Waals surface area contributed by atoms with Crippen LogP contribution in [0.3, 0.4) is 0 Å². The van der Waals surface area contributed by atoms with E-state index in [2.05, 4.69) is 11.1 Å². The van der Waals surface area contributed by atoms with Crippen molar-refractivity contribution in [2.45, 2.75) is 32.1 Å². The largest absolute Gasteiger partial charge is 0.486 e. The Morgan fingerprint density at radius 1 is 1.33 bits per heavy atom. The van der Waals surface area contributed by atoms with Gasteiger partial charge in [0.25, 0.3) is 0 Å². The summed E-state index contributed by atoms with van der Waals surface area (Å²) in [6, 6.07) is 7.61. The van der Waals surface area contributed by atoms with Gasteiger partial charge >= 0.3 is 0 Å². The third-order valence-corrected chi connectivity index (χ3v) is 5.18. The van der Waals surface area contributed by atoms with E-state index in [1.54, 1.807) is 0 Å². The van der Waals surface area contributed by atoms with Gasteiger partial charge in [-0.2, -0.15) is 5.26 Å². The highest BCUT2D eigenvalue weighted by Gasteiger charge is 2.38. The Morgan fingerprint density at radius 3 is 2.67 bits per heavy atom. The van der Waals surface area contributed by atoms with Crippen LogP contribution < -0.4 is 9.47 Å². The molecule has 0 radical (unpaired) electrons. The number of nitriles is 1. The number of nitrogens with zero attached hydrogens (tertiary/aromatic N) is 2. The first-order valence-electron chi connectivity index (χ1n) is 7.69. The maximum Gasteiger partial charge on any atom is 0.166 e. The third kappa shape index (κ3) is 2.87. The van der Waals surface area contributed by atoms with Crippen LogP contribution in [0, 0.1) is 18.3 Å². The summed E-state index contributed by atoms with van der Waals surface area (Å²) in [5.41, 5.74) is 0.779. The topological polar surface area (TPSA) is 72.2 Å². The van der Waals surface area contributed by atoms with Crippen molar-refractivity contribution >= 4 is 17.1 Å². The van der Waals surface area contributed by atoms with Crippen LogP contribution in [0.4, 0.5) is 0 Å². The molecule has 1 atom stereocenters. The summed E-state index contributed by atoms with van der Waals surface area (Å²) in [5.74, 6) is 0.279. The Morgan fingerprint density at radius 2 is 2.04 bits per heavy atom. The van der Waals surface area contributed by atoms with Gasteiger partial charge in [0.15, 0.2) is 23.2 Å². The summed E-state index contributed by atoms with van der Waals surface area (Å²) in [4.78, 5) is 17.4. The number of thiazole rings is 1. The van der Waals surface area contributed by atoms with Crippen LogP contribution in [-0.2, 0) is 10.2 Å². The average molecular weight is 342 g/mol. The first-order valence-corrected chi connectivity index (χ1v) is 8.57. The van der Waals surface area contributed by atoms with Gasteiger partial charge < -0.3 is 9.47 Å². The number of aromatic nitrogens is 1. The smallest absolute Gasteiger partial charge is 0.166 e. The van der Waals surface area contributed by atoms with E-state index in [-0.39, 0.29) is 5.78 Å². The van der Waals surface area contributed by atoms with Gasteiger partial charge in [-0.3, -0.25) is 4.79 Å². The van der Waals surface area contributed by atoms with Crippen LogP contribution in [0.1, 0.15) is 36.0 Å². The minimum absolute atomic E-state index is 0.170. The van der Waals surface area contributed by atoms with Crippen LogP contribution in [0.15, 0.2) is 23.6 Å². The van der Waals surface area contributed by atoms with Crippen molar-refractivity contribution in [3.05, 3.63) is 39.8 Å². The zero-order chi connectivity index (χ0) is 17.3. The zero-order valence-corrected chi connectivity index (χ0v) is 14.6. The molecule has 2 heterocycles. The Labute approximate surface area is 144 Å². The number of carbonyl (C=O) groups excluding carboxylic acids is 1. The summed E-state index contributed by atoms with van der Waals surface area (Å²) >= 11 is 1.35. The van der Waals surface area contributed by atoms with Gasteiger partial charge in [0.1, 0.15) is 18.2 Å². The molecule has 0 saturated heterocycles. The van der Waals surface area contributed by atoms with Crippen molar-refractivity contribution in [3.8, 4) is 17.6 Å². The summed E-state index contributed by atoms with van der Waals surface area (Å²) < 4.78 is 11.1. The lowest BCUT2D eigenvalue weighted by Crippen LogP contribution is -2.33. The predicted octanol–water partition coefficient (Wildman–Crippen LogP) is 3.38. The number of ether oxygens (including phenoxy) is 2. The summed E-state index contributed by atoms with van der Waals surface area (Å²) in [7, 11) is 0. The number of carbonyl (C=O) groups is 1. The SMILES string of the molecule is Cc1csc([C@H](C#N)C(=O)C(C)(C)c2ccc3c(c2)OCCO3)n1. The second kappa shape index (κ2) is 6.25. The van der Waals surface area contributed by atoms with Crippen LogP contribution in [-0.4, -0.2) is 24.0 Å². The Hall–Kier alpha value is -2.39. The summed E-state index contributed by atoms with van der Waals surface area (Å²) in [6.07, 6.45) is 0. The first kappa shape index (κ1) is 16.5. The quantitative estimate of drug-likeness (QED) is 0.852. The predicted molar refractivity (Wildman–Crippen MR) is 90.7 cm³/mol. The van der Waals surface area contributed by atoms with Crippen molar-refractivity contribution < 1.29 is 14.3 Å². The molecule has 1 aromatic carbocycles. The molecule has 0 spiro atoms. The number of Topliss-reactive ketones (excluding diaryl/α,β-unsaturated/α-hetero) is 1. The van der Waals surface area contributed by atoms with E-state index in [0.717, 1.165) is 11.3 Å². The van der Waals surface area contributed by atoms with Gasteiger partial charge in [-0.25, -0.2) is 4.98 Å². The molecule has 6 heteroatoms. The lowest BCUT2D eigenvalue weighted by molar-refractivity contribution is -0.123. The van der Waals surface area contributed by atoms with E-state index in [9.17, 15) is 10.1 Å². The molecule has 124 valence electrons. The number of ketones is 1. The lowest BCUT2D eigenvalue weighted by Gasteiger charge is -2.27. The second-order valence-corrected chi connectivity index (χ2v) is 7.13. The van der Waals surface area contributed by atoms with E-state index in [0.29, 0.717) is 29.7 Å². The van der Waals surface area contributed by atoms with Crippen molar-refractivity contribution in [2.75, 3.05) is 13.2 Å². The molecule has 1 aliphatic rings. The number of benzene rings is 1. The summed E-state index contributed by atoms with van der Waals surface area (Å²) in [5, 5.41) is 11.9. The fraction of sp³-hybridized carbons (Fsp3) is 0.389. The van der Waals surface area contributed by atoms with Crippen molar-refractivity contribution in [2.24, 2.45) is 0 Å². The minimum Gasteiger partial charge on any atom is -0.486 e. The third-order valence-electron chi connectivity index (χ3n) is 4.15. The normalized spacial score (nSPS) is 14.8. The van der Waals surface area contributed by atoms with Crippen molar-refractivity contribution in [1.82, 2.24) is 4.98 Å². The molecule has 3 rings (SSSR count). The maximum absolute atomic E-state index is 13.0. The van der Waals surface area contributed by atoms with E-state index in [1.165, 1.54) is 11.3 Å². The van der Waals surface area contributed by atoms with Gasteiger partial charge in [0, 0.05) is 11.1 Å². The van der Waals surface area contributed by atoms with E-state index >= 15 is 0 Å². The van der Waals surface area contributed by atoms with Crippen LogP contribution >= 0.6 is 11.3 Å². The molecule has 1 aromatic heterocycles. The standard InChI is InChI=1S/C18H18N2O3S/c1-11-10-24-17(20-11)13(9-19)16(21)18(2,3)12-4-5-14-15(8-12)23-7-6-22-14/h4-5,8,10,13H,6-7H2,1-3H3/t13-/m1/s1. The average Bonchev–Trinajstić information content (AvgIpc) is 3.01. The first-order chi connectivity index (χ1) is 11.4. The van der Waals surface area contributed by atoms with Gasteiger partial charge in [-0.15, -0.1) is 11.3 Å². The van der Waals surface area contributed by atoms with Crippen molar-refractivity contribution in [1.29, 1.82) is 5.26 Å². The Kier molecular flexibility index (Phi) is 4.29. The zero-order valence-electron chi connectivity index (χ0n) is 13.8.